The van der Waals surface area contributed by atoms with Crippen LogP contribution in [-0.2, 0) is 16.9 Å². The van der Waals surface area contributed by atoms with Gasteiger partial charge in [0.1, 0.15) is 5.82 Å². The summed E-state index contributed by atoms with van der Waals surface area (Å²) in [5.74, 6) is 0.124. The second-order valence-corrected chi connectivity index (χ2v) is 9.49. The molecule has 1 heterocycles. The monoisotopic (exact) mass is 423 g/mol. The molecule has 2 aliphatic carbocycles. The normalized spacial score (nSPS) is 27.6. The molecule has 3 unspecified atom stereocenters. The van der Waals surface area contributed by atoms with Gasteiger partial charge in [-0.05, 0) is 47.9 Å². The first-order valence-corrected chi connectivity index (χ1v) is 11.3. The molecular formula is C25H30FN3O2. The zero-order valence-electron chi connectivity index (χ0n) is 17.6. The highest BCUT2D eigenvalue weighted by atomic mass is 19.1. The van der Waals surface area contributed by atoms with E-state index in [9.17, 15) is 14.3 Å². The highest BCUT2D eigenvalue weighted by Gasteiger charge is 2.58. The minimum Gasteiger partial charge on any atom is -0.396 e. The van der Waals surface area contributed by atoms with E-state index in [0.29, 0.717) is 23.9 Å². The second-order valence-electron chi connectivity index (χ2n) is 9.49. The van der Waals surface area contributed by atoms with Crippen LogP contribution in [0.3, 0.4) is 0 Å². The average Bonchev–Trinajstić information content (AvgIpc) is 3.18. The van der Waals surface area contributed by atoms with E-state index in [1.54, 1.807) is 6.07 Å². The largest absolute Gasteiger partial charge is 0.396 e. The second kappa shape index (κ2) is 7.92. The van der Waals surface area contributed by atoms with E-state index >= 15 is 0 Å². The van der Waals surface area contributed by atoms with Crippen molar-refractivity contribution in [2.24, 2.45) is 17.8 Å². The molecule has 2 aromatic rings. The number of aliphatic hydroxyl groups is 1. The van der Waals surface area contributed by atoms with Crippen molar-refractivity contribution in [1.29, 1.82) is 0 Å². The van der Waals surface area contributed by atoms with Gasteiger partial charge in [-0.3, -0.25) is 9.69 Å². The van der Waals surface area contributed by atoms with Gasteiger partial charge in [0.25, 0.3) is 5.91 Å². The first-order valence-electron chi connectivity index (χ1n) is 11.3. The number of rotatable bonds is 6. The fourth-order valence-electron chi connectivity index (χ4n) is 5.73. The number of carbonyl (C=O) groups excluding carboxylic acids is 1. The quantitative estimate of drug-likeness (QED) is 0.624. The molecule has 5 rings (SSSR count). The number of carbonyl (C=O) groups is 1. The van der Waals surface area contributed by atoms with Crippen LogP contribution < -0.4 is 11.1 Å². The van der Waals surface area contributed by atoms with E-state index in [0.717, 1.165) is 44.3 Å². The molecule has 2 aromatic carbocycles. The van der Waals surface area contributed by atoms with Crippen LogP contribution in [0.5, 0.6) is 0 Å². The molecular weight excluding hydrogens is 393 g/mol. The van der Waals surface area contributed by atoms with Crippen LogP contribution in [0.4, 0.5) is 10.1 Å². The van der Waals surface area contributed by atoms with E-state index in [-0.39, 0.29) is 29.4 Å². The predicted octanol–water partition coefficient (Wildman–Crippen LogP) is 3.03. The van der Waals surface area contributed by atoms with Crippen molar-refractivity contribution in [1.82, 2.24) is 10.2 Å². The number of halogens is 1. The SMILES string of the molecule is Nc1ccc(CN2CC3C(C2)C3NC(=O)C(O)(c2ccccc2)C2CCCC2)cc1F. The topological polar surface area (TPSA) is 78.6 Å². The van der Waals surface area contributed by atoms with Gasteiger partial charge >= 0.3 is 0 Å². The maximum Gasteiger partial charge on any atom is 0.257 e. The molecule has 3 fully saturated rings. The number of piperidine rings is 1. The molecule has 2 saturated carbocycles. The van der Waals surface area contributed by atoms with Crippen molar-refractivity contribution in [3.63, 3.8) is 0 Å². The number of hydrogen-bond donors (Lipinski definition) is 3. The summed E-state index contributed by atoms with van der Waals surface area (Å²) < 4.78 is 13.7. The number of benzene rings is 2. The van der Waals surface area contributed by atoms with Gasteiger partial charge in [0.05, 0.1) is 5.69 Å². The smallest absolute Gasteiger partial charge is 0.257 e. The molecule has 164 valence electrons. The number of likely N-dealkylation sites (tertiary alicyclic amines) is 1. The molecule has 1 aliphatic heterocycles. The number of nitrogens with two attached hydrogens (primary N) is 1. The van der Waals surface area contributed by atoms with Gasteiger partial charge in [-0.1, -0.05) is 49.2 Å². The van der Waals surface area contributed by atoms with Crippen molar-refractivity contribution in [3.05, 3.63) is 65.5 Å². The molecule has 0 aromatic heterocycles. The van der Waals surface area contributed by atoms with Gasteiger partial charge in [-0.25, -0.2) is 4.39 Å². The highest BCUT2D eigenvalue weighted by molar-refractivity contribution is 5.87. The van der Waals surface area contributed by atoms with Gasteiger partial charge in [0.2, 0.25) is 0 Å². The van der Waals surface area contributed by atoms with Gasteiger partial charge in [0, 0.05) is 31.6 Å². The minimum absolute atomic E-state index is 0.0367. The zero-order chi connectivity index (χ0) is 21.6. The number of hydrogen-bond acceptors (Lipinski definition) is 4. The van der Waals surface area contributed by atoms with Crippen LogP contribution in [0.25, 0.3) is 0 Å². The van der Waals surface area contributed by atoms with E-state index in [1.807, 2.05) is 36.4 Å². The summed E-state index contributed by atoms with van der Waals surface area (Å²) >= 11 is 0. The number of amides is 1. The van der Waals surface area contributed by atoms with Gasteiger partial charge in [0.15, 0.2) is 5.60 Å². The van der Waals surface area contributed by atoms with Crippen molar-refractivity contribution in [2.45, 2.75) is 43.9 Å². The summed E-state index contributed by atoms with van der Waals surface area (Å²) in [5.41, 5.74) is 5.87. The van der Waals surface area contributed by atoms with Crippen molar-refractivity contribution < 1.29 is 14.3 Å². The van der Waals surface area contributed by atoms with Crippen molar-refractivity contribution in [3.8, 4) is 0 Å². The summed E-state index contributed by atoms with van der Waals surface area (Å²) in [7, 11) is 0. The van der Waals surface area contributed by atoms with Gasteiger partial charge in [-0.15, -0.1) is 0 Å². The van der Waals surface area contributed by atoms with Gasteiger partial charge in [-0.2, -0.15) is 0 Å². The van der Waals surface area contributed by atoms with Crippen LogP contribution in [0.1, 0.15) is 36.8 Å². The molecule has 1 amide bonds. The number of nitrogen functional groups attached to an aromatic ring is 1. The third-order valence-electron chi connectivity index (χ3n) is 7.54. The summed E-state index contributed by atoms with van der Waals surface area (Å²) in [6.45, 7) is 2.42. The molecule has 0 radical (unpaired) electrons. The zero-order valence-corrected chi connectivity index (χ0v) is 17.6. The maximum absolute atomic E-state index is 13.7. The number of nitrogens with zero attached hydrogens (tertiary/aromatic N) is 1. The van der Waals surface area contributed by atoms with Crippen molar-refractivity contribution in [2.75, 3.05) is 18.8 Å². The first-order chi connectivity index (χ1) is 15.0. The Morgan fingerprint density at radius 3 is 2.45 bits per heavy atom. The van der Waals surface area contributed by atoms with E-state index in [1.165, 1.54) is 6.07 Å². The molecule has 0 bridgehead atoms. The standard InChI is InChI=1S/C25H30FN3O2/c26-21-12-16(10-11-22(21)27)13-29-14-19-20(15-29)23(19)28-24(30)25(31,18-8-4-5-9-18)17-6-2-1-3-7-17/h1-3,6-7,10-12,18-20,23,31H,4-5,8-9,13-15,27H2,(H,28,30). The lowest BCUT2D eigenvalue weighted by Gasteiger charge is -2.33. The summed E-state index contributed by atoms with van der Waals surface area (Å²) in [5, 5.41) is 14.8. The molecule has 1 saturated heterocycles. The Balaban J connectivity index is 1.22. The summed E-state index contributed by atoms with van der Waals surface area (Å²) in [6, 6.07) is 14.5. The number of anilines is 1. The van der Waals surface area contributed by atoms with E-state index in [4.69, 9.17) is 5.73 Å². The molecule has 6 heteroatoms. The predicted molar refractivity (Wildman–Crippen MR) is 117 cm³/mol. The van der Waals surface area contributed by atoms with E-state index in [2.05, 4.69) is 10.2 Å². The Bertz CT molecular complexity index is 950. The Morgan fingerprint density at radius 1 is 1.13 bits per heavy atom. The lowest BCUT2D eigenvalue weighted by atomic mass is 9.79. The Kier molecular flexibility index (Phi) is 5.22. The van der Waals surface area contributed by atoms with Crippen molar-refractivity contribution >= 4 is 11.6 Å². The maximum atomic E-state index is 13.7. The molecule has 4 N–H and O–H groups in total. The fraction of sp³-hybridized carbons (Fsp3) is 0.480. The molecule has 3 atom stereocenters. The summed E-state index contributed by atoms with van der Waals surface area (Å²) in [6.07, 6.45) is 3.87. The number of nitrogens with one attached hydrogen (secondary N) is 1. The molecule has 0 spiro atoms. The molecule has 5 nitrogen and oxygen atoms in total. The van der Waals surface area contributed by atoms with Crippen LogP contribution in [0.15, 0.2) is 48.5 Å². The molecule has 31 heavy (non-hydrogen) atoms. The fourth-order valence-corrected chi connectivity index (χ4v) is 5.73. The van der Waals surface area contributed by atoms with Crippen LogP contribution >= 0.6 is 0 Å². The Morgan fingerprint density at radius 2 is 1.81 bits per heavy atom. The first kappa shape index (κ1) is 20.5. The minimum atomic E-state index is -1.46. The third kappa shape index (κ3) is 3.72. The van der Waals surface area contributed by atoms with Crippen LogP contribution in [0.2, 0.25) is 0 Å². The Labute approximate surface area is 182 Å². The summed E-state index contributed by atoms with van der Waals surface area (Å²) in [4.78, 5) is 15.6. The lowest BCUT2D eigenvalue weighted by Crippen LogP contribution is -2.50. The lowest BCUT2D eigenvalue weighted by molar-refractivity contribution is -0.147. The average molecular weight is 424 g/mol. The molecule has 3 aliphatic rings. The van der Waals surface area contributed by atoms with E-state index < -0.39 is 5.60 Å². The Hall–Kier alpha value is -2.44. The van der Waals surface area contributed by atoms with Crippen LogP contribution in [-0.4, -0.2) is 35.0 Å². The van der Waals surface area contributed by atoms with Gasteiger partial charge < -0.3 is 16.2 Å². The highest BCUT2D eigenvalue weighted by Crippen LogP contribution is 2.47. The van der Waals surface area contributed by atoms with Crippen LogP contribution in [0, 0.1) is 23.6 Å². The third-order valence-corrected chi connectivity index (χ3v) is 7.54. The number of fused-ring (bicyclic) bond motifs is 1.